The number of pyridine rings is 1. The molecule has 19 heavy (non-hydrogen) atoms. The lowest BCUT2D eigenvalue weighted by Gasteiger charge is -2.03. The van der Waals surface area contributed by atoms with Gasteiger partial charge in [-0.1, -0.05) is 0 Å². The molecule has 0 bridgehead atoms. The number of nitrogen functional groups attached to an aromatic ring is 1. The van der Waals surface area contributed by atoms with Crippen LogP contribution in [0, 0.1) is 10.1 Å². The van der Waals surface area contributed by atoms with Crippen LogP contribution in [0.1, 0.15) is 18.9 Å². The lowest BCUT2D eigenvalue weighted by Crippen LogP contribution is -2.01. The molecule has 2 heterocycles. The van der Waals surface area contributed by atoms with Crippen molar-refractivity contribution in [3.05, 3.63) is 22.2 Å². The predicted molar refractivity (Wildman–Crippen MR) is 65.5 cm³/mol. The molecule has 0 aliphatic heterocycles. The molecule has 0 saturated heterocycles. The van der Waals surface area contributed by atoms with Crippen molar-refractivity contribution in [2.24, 2.45) is 0 Å². The van der Waals surface area contributed by atoms with Gasteiger partial charge in [-0.2, -0.15) is 0 Å². The second kappa shape index (κ2) is 4.46. The summed E-state index contributed by atoms with van der Waals surface area (Å²) in [5.74, 6) is 0.221. The Morgan fingerprint density at radius 2 is 2.26 bits per heavy atom. The van der Waals surface area contributed by atoms with Crippen molar-refractivity contribution in [2.75, 3.05) is 5.73 Å². The molecule has 0 radical (unpaired) electrons. The highest BCUT2D eigenvalue weighted by Crippen LogP contribution is 2.39. The topological polar surface area (TPSA) is 126 Å². The van der Waals surface area contributed by atoms with Crippen LogP contribution >= 0.6 is 11.8 Å². The lowest BCUT2D eigenvalue weighted by atomic mass is 10.4. The molecular weight excluding hydrogens is 270 g/mol. The maximum Gasteiger partial charge on any atom is 0.301 e. The van der Waals surface area contributed by atoms with Crippen LogP contribution in [0.25, 0.3) is 0 Å². The number of nitrogens with two attached hydrogens (primary N) is 1. The highest BCUT2D eigenvalue weighted by Gasteiger charge is 2.29. The highest BCUT2D eigenvalue weighted by atomic mass is 32.2. The molecule has 0 spiro atoms. The molecule has 0 atom stereocenters. The molecule has 1 fully saturated rings. The maximum absolute atomic E-state index is 10.9. The molecule has 1 saturated carbocycles. The van der Waals surface area contributed by atoms with E-state index in [-0.39, 0.29) is 22.6 Å². The van der Waals surface area contributed by atoms with Crippen LogP contribution in [0.3, 0.4) is 0 Å². The smallest absolute Gasteiger partial charge is 0.301 e. The van der Waals surface area contributed by atoms with E-state index in [4.69, 9.17) is 5.73 Å². The molecule has 0 unspecified atom stereocenters. The van der Waals surface area contributed by atoms with E-state index in [1.807, 2.05) is 0 Å². The number of aromatic nitrogens is 5. The fraction of sp³-hybridized carbons (Fsp3) is 0.333. The van der Waals surface area contributed by atoms with Crippen molar-refractivity contribution < 1.29 is 4.92 Å². The average molecular weight is 279 g/mol. The number of nitro groups is 1. The first-order valence-corrected chi connectivity index (χ1v) is 6.33. The van der Waals surface area contributed by atoms with E-state index in [9.17, 15) is 10.1 Å². The van der Waals surface area contributed by atoms with Crippen LogP contribution in [-0.4, -0.2) is 30.1 Å². The van der Waals surface area contributed by atoms with E-state index in [1.54, 1.807) is 4.68 Å². The summed E-state index contributed by atoms with van der Waals surface area (Å²) in [4.78, 5) is 14.4. The molecule has 0 amide bonds. The normalized spacial score (nSPS) is 14.5. The molecule has 2 aromatic rings. The molecule has 2 aromatic heterocycles. The van der Waals surface area contributed by atoms with Crippen LogP contribution in [0.5, 0.6) is 0 Å². The zero-order valence-electron chi connectivity index (χ0n) is 9.63. The Balaban J connectivity index is 1.95. The van der Waals surface area contributed by atoms with E-state index in [1.165, 1.54) is 12.1 Å². The third-order valence-electron chi connectivity index (χ3n) is 2.60. The summed E-state index contributed by atoms with van der Waals surface area (Å²) in [5, 5.41) is 23.0. The van der Waals surface area contributed by atoms with E-state index < -0.39 is 4.92 Å². The average Bonchev–Trinajstić information content (AvgIpc) is 3.10. The van der Waals surface area contributed by atoms with Gasteiger partial charge in [-0.3, -0.25) is 10.1 Å². The molecule has 1 aliphatic carbocycles. The Bertz CT molecular complexity index is 639. The van der Waals surface area contributed by atoms with Gasteiger partial charge in [0.2, 0.25) is 5.16 Å². The molecule has 3 rings (SSSR count). The summed E-state index contributed by atoms with van der Waals surface area (Å²) in [6.45, 7) is 0. The Morgan fingerprint density at radius 1 is 1.47 bits per heavy atom. The van der Waals surface area contributed by atoms with Gasteiger partial charge in [0.15, 0.2) is 5.03 Å². The Hall–Kier alpha value is -2.23. The number of rotatable bonds is 4. The Morgan fingerprint density at radius 3 is 2.95 bits per heavy atom. The monoisotopic (exact) mass is 279 g/mol. The summed E-state index contributed by atoms with van der Waals surface area (Å²) in [7, 11) is 0. The van der Waals surface area contributed by atoms with Gasteiger partial charge in [-0.15, -0.1) is 5.10 Å². The van der Waals surface area contributed by atoms with Gasteiger partial charge in [0.25, 0.3) is 0 Å². The molecular formula is C9H9N7O2S. The number of hydrogen-bond donors (Lipinski definition) is 1. The van der Waals surface area contributed by atoms with Crippen molar-refractivity contribution >= 4 is 23.3 Å². The minimum atomic E-state index is -0.500. The van der Waals surface area contributed by atoms with Gasteiger partial charge in [-0.25, -0.2) is 9.67 Å². The molecule has 1 aliphatic rings. The van der Waals surface area contributed by atoms with Crippen LogP contribution < -0.4 is 5.73 Å². The second-order valence-corrected chi connectivity index (χ2v) is 5.01. The summed E-state index contributed by atoms with van der Waals surface area (Å²) in [6, 6.07) is 3.01. The second-order valence-electron chi connectivity index (χ2n) is 4.06. The molecule has 10 heteroatoms. The first-order valence-electron chi connectivity index (χ1n) is 5.52. The third kappa shape index (κ3) is 2.34. The number of hydrogen-bond acceptors (Lipinski definition) is 8. The Kier molecular flexibility index (Phi) is 2.78. The van der Waals surface area contributed by atoms with Crippen LogP contribution in [-0.2, 0) is 0 Å². The number of nitrogens with zero attached hydrogens (tertiary/aromatic N) is 6. The lowest BCUT2D eigenvalue weighted by molar-refractivity contribution is -0.388. The number of tetrazole rings is 1. The highest BCUT2D eigenvalue weighted by molar-refractivity contribution is 7.99. The van der Waals surface area contributed by atoms with Crippen LogP contribution in [0.2, 0.25) is 0 Å². The van der Waals surface area contributed by atoms with Gasteiger partial charge in [-0.05, 0) is 41.1 Å². The standard InChI is InChI=1S/C9H9N7O2S/c10-7-4-3-6(16(17)18)8(11-7)19-9-12-13-14-15(9)5-1-2-5/h3-5H,1-2H2,(H2,10,11). The maximum atomic E-state index is 10.9. The summed E-state index contributed by atoms with van der Waals surface area (Å²) in [6.07, 6.45) is 2.04. The van der Waals surface area contributed by atoms with Gasteiger partial charge >= 0.3 is 5.69 Å². The van der Waals surface area contributed by atoms with Crippen molar-refractivity contribution in [2.45, 2.75) is 29.1 Å². The van der Waals surface area contributed by atoms with E-state index in [0.29, 0.717) is 5.16 Å². The largest absolute Gasteiger partial charge is 0.384 e. The van der Waals surface area contributed by atoms with Crippen molar-refractivity contribution in [1.29, 1.82) is 0 Å². The van der Waals surface area contributed by atoms with Crippen molar-refractivity contribution in [1.82, 2.24) is 25.2 Å². The van der Waals surface area contributed by atoms with E-state index in [0.717, 1.165) is 24.6 Å². The number of anilines is 1. The molecule has 0 aromatic carbocycles. The minimum Gasteiger partial charge on any atom is -0.384 e. The molecule has 9 nitrogen and oxygen atoms in total. The Labute approximate surface area is 111 Å². The zero-order chi connectivity index (χ0) is 13.4. The fourth-order valence-electron chi connectivity index (χ4n) is 1.55. The summed E-state index contributed by atoms with van der Waals surface area (Å²) in [5.41, 5.74) is 5.45. The minimum absolute atomic E-state index is 0.107. The molecule has 2 N–H and O–H groups in total. The first-order chi connectivity index (χ1) is 9.15. The zero-order valence-corrected chi connectivity index (χ0v) is 10.4. The van der Waals surface area contributed by atoms with Gasteiger partial charge in [0.1, 0.15) is 5.82 Å². The molecule has 98 valence electrons. The summed E-state index contributed by atoms with van der Waals surface area (Å²) < 4.78 is 1.67. The quantitative estimate of drug-likeness (QED) is 0.650. The van der Waals surface area contributed by atoms with Gasteiger partial charge in [0.05, 0.1) is 11.0 Å². The van der Waals surface area contributed by atoms with E-state index in [2.05, 4.69) is 20.5 Å². The fourth-order valence-corrected chi connectivity index (χ4v) is 2.48. The van der Waals surface area contributed by atoms with Crippen molar-refractivity contribution in [3.63, 3.8) is 0 Å². The van der Waals surface area contributed by atoms with Crippen molar-refractivity contribution in [3.8, 4) is 0 Å². The van der Waals surface area contributed by atoms with E-state index >= 15 is 0 Å². The van der Waals surface area contributed by atoms with Crippen LogP contribution in [0.4, 0.5) is 11.5 Å². The third-order valence-corrected chi connectivity index (χ3v) is 3.55. The van der Waals surface area contributed by atoms with Crippen LogP contribution in [0.15, 0.2) is 22.3 Å². The van der Waals surface area contributed by atoms with Gasteiger partial charge in [0, 0.05) is 6.07 Å². The summed E-state index contributed by atoms with van der Waals surface area (Å²) >= 11 is 1.05. The predicted octanol–water partition coefficient (Wildman–Crippen LogP) is 1.04. The van der Waals surface area contributed by atoms with Gasteiger partial charge < -0.3 is 5.73 Å². The SMILES string of the molecule is Nc1ccc([N+](=O)[O-])c(Sc2nnnn2C2CC2)n1. The first kappa shape index (κ1) is 11.8.